The highest BCUT2D eigenvalue weighted by molar-refractivity contribution is 7.10. The summed E-state index contributed by atoms with van der Waals surface area (Å²) in [5.41, 5.74) is 4.51. The fourth-order valence-electron chi connectivity index (χ4n) is 3.86. The van der Waals surface area contributed by atoms with E-state index in [-0.39, 0.29) is 0 Å². The van der Waals surface area contributed by atoms with E-state index in [0.29, 0.717) is 0 Å². The van der Waals surface area contributed by atoms with Crippen molar-refractivity contribution in [2.75, 3.05) is 39.9 Å². The number of hydrogen-bond acceptors (Lipinski definition) is 4. The SMILES string of the molecule is CN1CN(Cc2ccccc2)CC2=C1CCN(CC#Cc1cccs1)C2. The topological polar surface area (TPSA) is 9.72 Å². The highest BCUT2D eigenvalue weighted by Crippen LogP contribution is 2.26. The Morgan fingerprint density at radius 2 is 1.88 bits per heavy atom. The van der Waals surface area contributed by atoms with E-state index in [0.717, 1.165) is 50.7 Å². The second-order valence-electron chi connectivity index (χ2n) is 7.10. The van der Waals surface area contributed by atoms with Gasteiger partial charge in [-0.05, 0) is 22.6 Å². The van der Waals surface area contributed by atoms with Gasteiger partial charge in [0.1, 0.15) is 0 Å². The third-order valence-corrected chi connectivity index (χ3v) is 5.84. The Morgan fingerprint density at radius 3 is 2.69 bits per heavy atom. The molecule has 1 aromatic heterocycles. The van der Waals surface area contributed by atoms with Gasteiger partial charge in [-0.15, -0.1) is 11.3 Å². The summed E-state index contributed by atoms with van der Waals surface area (Å²) >= 11 is 1.71. The van der Waals surface area contributed by atoms with E-state index >= 15 is 0 Å². The van der Waals surface area contributed by atoms with Crippen LogP contribution in [-0.2, 0) is 6.54 Å². The largest absolute Gasteiger partial charge is 0.365 e. The zero-order valence-electron chi connectivity index (χ0n) is 15.3. The van der Waals surface area contributed by atoms with Gasteiger partial charge in [-0.3, -0.25) is 9.80 Å². The van der Waals surface area contributed by atoms with Crippen LogP contribution in [0.15, 0.2) is 59.1 Å². The van der Waals surface area contributed by atoms with Gasteiger partial charge in [0.05, 0.1) is 18.1 Å². The number of nitrogens with zero attached hydrogens (tertiary/aromatic N) is 3. The number of benzene rings is 1. The summed E-state index contributed by atoms with van der Waals surface area (Å²) in [6.45, 7) is 6.12. The lowest BCUT2D eigenvalue weighted by atomic mass is 10.0. The molecule has 0 radical (unpaired) electrons. The first kappa shape index (κ1) is 17.4. The molecule has 0 saturated heterocycles. The summed E-state index contributed by atoms with van der Waals surface area (Å²) in [6.07, 6.45) is 1.14. The Morgan fingerprint density at radius 1 is 1.04 bits per heavy atom. The maximum Gasteiger partial charge on any atom is 0.0768 e. The van der Waals surface area contributed by atoms with Crippen LogP contribution in [0.4, 0.5) is 0 Å². The molecule has 0 atom stereocenters. The first-order valence-corrected chi connectivity index (χ1v) is 10.1. The minimum absolute atomic E-state index is 0.858. The Bertz CT molecular complexity index is 814. The third-order valence-electron chi connectivity index (χ3n) is 5.06. The molecule has 2 aliphatic rings. The summed E-state index contributed by atoms with van der Waals surface area (Å²) in [4.78, 5) is 8.62. The molecule has 0 amide bonds. The maximum absolute atomic E-state index is 3.35. The molecule has 26 heavy (non-hydrogen) atoms. The van der Waals surface area contributed by atoms with E-state index in [1.165, 1.54) is 5.56 Å². The quantitative estimate of drug-likeness (QED) is 0.773. The molecule has 0 bridgehead atoms. The molecule has 0 saturated carbocycles. The normalized spacial score (nSPS) is 18.4. The van der Waals surface area contributed by atoms with Crippen molar-refractivity contribution in [1.82, 2.24) is 14.7 Å². The molecule has 2 aromatic rings. The molecule has 0 unspecified atom stereocenters. The molecule has 0 spiro atoms. The molecule has 3 nitrogen and oxygen atoms in total. The van der Waals surface area contributed by atoms with Gasteiger partial charge in [0.2, 0.25) is 0 Å². The van der Waals surface area contributed by atoms with Crippen molar-refractivity contribution in [3.63, 3.8) is 0 Å². The average Bonchev–Trinajstić information content (AvgIpc) is 3.16. The Hall–Kier alpha value is -2.06. The van der Waals surface area contributed by atoms with Crippen LogP contribution in [0.25, 0.3) is 0 Å². The lowest BCUT2D eigenvalue weighted by Crippen LogP contribution is -2.47. The van der Waals surface area contributed by atoms with Crippen molar-refractivity contribution >= 4 is 11.3 Å². The fraction of sp³-hybridized carbons (Fsp3) is 0.364. The van der Waals surface area contributed by atoms with Gasteiger partial charge in [-0.2, -0.15) is 0 Å². The fourth-order valence-corrected chi connectivity index (χ4v) is 4.45. The van der Waals surface area contributed by atoms with Gasteiger partial charge in [-0.25, -0.2) is 0 Å². The second-order valence-corrected chi connectivity index (χ2v) is 8.05. The van der Waals surface area contributed by atoms with E-state index in [9.17, 15) is 0 Å². The minimum Gasteiger partial charge on any atom is -0.365 e. The first-order chi connectivity index (χ1) is 12.8. The van der Waals surface area contributed by atoms with E-state index in [1.807, 2.05) is 0 Å². The second kappa shape index (κ2) is 8.09. The van der Waals surface area contributed by atoms with Gasteiger partial charge < -0.3 is 4.90 Å². The molecule has 0 N–H and O–H groups in total. The molecule has 4 heteroatoms. The van der Waals surface area contributed by atoms with Gasteiger partial charge in [0.25, 0.3) is 0 Å². The standard InChI is InChI=1S/C22H25N3S/c1-23-18-25(15-19-7-3-2-4-8-19)17-20-16-24(13-11-22(20)23)12-5-9-21-10-6-14-26-21/h2-4,6-8,10,14H,11-13,15-18H2,1H3. The Kier molecular flexibility index (Phi) is 5.40. The molecule has 2 aliphatic heterocycles. The predicted molar refractivity (Wildman–Crippen MR) is 109 cm³/mol. The summed E-state index contributed by atoms with van der Waals surface area (Å²) in [5.74, 6) is 6.64. The lowest BCUT2D eigenvalue weighted by Gasteiger charge is -2.42. The predicted octanol–water partition coefficient (Wildman–Crippen LogP) is 3.46. The Balaban J connectivity index is 1.38. The Labute approximate surface area is 160 Å². The van der Waals surface area contributed by atoms with Gasteiger partial charge in [-0.1, -0.05) is 48.2 Å². The molecule has 1 aromatic carbocycles. The summed E-state index contributed by atoms with van der Waals surface area (Å²) in [5, 5.41) is 2.08. The zero-order valence-corrected chi connectivity index (χ0v) is 16.1. The monoisotopic (exact) mass is 363 g/mol. The van der Waals surface area contributed by atoms with Crippen molar-refractivity contribution in [2.45, 2.75) is 13.0 Å². The van der Waals surface area contributed by atoms with E-state index < -0.39 is 0 Å². The van der Waals surface area contributed by atoms with Crippen LogP contribution in [0, 0.1) is 11.8 Å². The van der Waals surface area contributed by atoms with Crippen LogP contribution in [0.5, 0.6) is 0 Å². The van der Waals surface area contributed by atoms with Gasteiger partial charge >= 0.3 is 0 Å². The van der Waals surface area contributed by atoms with Crippen molar-refractivity contribution in [3.8, 4) is 11.8 Å². The lowest BCUT2D eigenvalue weighted by molar-refractivity contribution is 0.137. The van der Waals surface area contributed by atoms with Crippen molar-refractivity contribution in [2.24, 2.45) is 0 Å². The zero-order chi connectivity index (χ0) is 17.8. The molecular weight excluding hydrogens is 338 g/mol. The molecule has 0 fully saturated rings. The maximum atomic E-state index is 3.35. The van der Waals surface area contributed by atoms with Crippen LogP contribution in [0.3, 0.4) is 0 Å². The average molecular weight is 364 g/mol. The highest BCUT2D eigenvalue weighted by Gasteiger charge is 2.27. The number of hydrogen-bond donors (Lipinski definition) is 0. The van der Waals surface area contributed by atoms with Crippen LogP contribution in [0.2, 0.25) is 0 Å². The van der Waals surface area contributed by atoms with Crippen molar-refractivity contribution < 1.29 is 0 Å². The molecule has 0 aliphatic carbocycles. The minimum atomic E-state index is 0.858. The summed E-state index contributed by atoms with van der Waals surface area (Å²) in [7, 11) is 2.23. The summed E-state index contributed by atoms with van der Waals surface area (Å²) < 4.78 is 0. The first-order valence-electron chi connectivity index (χ1n) is 9.21. The number of thiophene rings is 1. The molecule has 4 rings (SSSR count). The van der Waals surface area contributed by atoms with Crippen LogP contribution < -0.4 is 0 Å². The van der Waals surface area contributed by atoms with E-state index in [2.05, 4.69) is 81.4 Å². The van der Waals surface area contributed by atoms with Gasteiger partial charge in [0.15, 0.2) is 0 Å². The number of rotatable bonds is 3. The molecule has 3 heterocycles. The molecule has 134 valence electrons. The van der Waals surface area contributed by atoms with Crippen LogP contribution in [-0.4, -0.2) is 54.6 Å². The van der Waals surface area contributed by atoms with Crippen molar-refractivity contribution in [3.05, 3.63) is 69.6 Å². The van der Waals surface area contributed by atoms with Crippen LogP contribution in [0.1, 0.15) is 16.9 Å². The van der Waals surface area contributed by atoms with Crippen molar-refractivity contribution in [1.29, 1.82) is 0 Å². The van der Waals surface area contributed by atoms with Crippen LogP contribution >= 0.6 is 11.3 Å². The van der Waals surface area contributed by atoms with Gasteiger partial charge in [0, 0.05) is 45.3 Å². The molecular formula is C22H25N3S. The smallest absolute Gasteiger partial charge is 0.0768 e. The van der Waals surface area contributed by atoms with E-state index in [4.69, 9.17) is 0 Å². The third kappa shape index (κ3) is 4.19. The van der Waals surface area contributed by atoms with E-state index in [1.54, 1.807) is 22.6 Å². The highest BCUT2D eigenvalue weighted by atomic mass is 32.1. The summed E-state index contributed by atoms with van der Waals surface area (Å²) in [6, 6.07) is 14.9.